The number of aryl methyl sites for hydroxylation is 1. The Balaban J connectivity index is 2.35. The molecule has 0 saturated carbocycles. The highest BCUT2D eigenvalue weighted by atomic mass is 15.3. The Morgan fingerprint density at radius 2 is 2.19 bits per heavy atom. The van der Waals surface area contributed by atoms with Crippen molar-refractivity contribution in [1.29, 1.82) is 0 Å². The van der Waals surface area contributed by atoms with Crippen LogP contribution in [0.15, 0.2) is 30.7 Å². The van der Waals surface area contributed by atoms with E-state index in [4.69, 9.17) is 5.73 Å². The minimum absolute atomic E-state index is 0.269. The maximum absolute atomic E-state index is 5.58. The van der Waals surface area contributed by atoms with Crippen molar-refractivity contribution in [2.75, 3.05) is 5.73 Å². The molecule has 0 aliphatic rings. The predicted octanol–water partition coefficient (Wildman–Crippen LogP) is 0.806. The first-order valence-corrected chi connectivity index (χ1v) is 4.87. The van der Waals surface area contributed by atoms with Gasteiger partial charge in [-0.2, -0.15) is 4.98 Å². The zero-order chi connectivity index (χ0) is 11.1. The number of nitrogens with zero attached hydrogens (tertiary/aromatic N) is 5. The Labute approximate surface area is 91.4 Å². The fraction of sp³-hybridized carbons (Fsp3) is 0.100. The Hall–Kier alpha value is -2.37. The number of rotatable bonds is 1. The van der Waals surface area contributed by atoms with Gasteiger partial charge in [-0.05, 0) is 19.1 Å². The summed E-state index contributed by atoms with van der Waals surface area (Å²) in [5, 5.41) is 4.06. The van der Waals surface area contributed by atoms with E-state index in [9.17, 15) is 0 Å². The SMILES string of the molecule is Cc1nccn1-c1cccn2nc(N)nc12. The Kier molecular flexibility index (Phi) is 1.70. The van der Waals surface area contributed by atoms with Crippen molar-refractivity contribution in [3.05, 3.63) is 36.5 Å². The van der Waals surface area contributed by atoms with Crippen LogP contribution >= 0.6 is 0 Å². The van der Waals surface area contributed by atoms with Gasteiger partial charge in [0.2, 0.25) is 5.95 Å². The molecule has 0 amide bonds. The predicted molar refractivity (Wildman–Crippen MR) is 59.3 cm³/mol. The molecule has 16 heavy (non-hydrogen) atoms. The van der Waals surface area contributed by atoms with Gasteiger partial charge in [0.15, 0.2) is 5.65 Å². The Morgan fingerprint density at radius 1 is 1.31 bits per heavy atom. The van der Waals surface area contributed by atoms with Gasteiger partial charge in [0.1, 0.15) is 5.82 Å². The third-order valence-corrected chi connectivity index (χ3v) is 2.44. The van der Waals surface area contributed by atoms with Crippen LogP contribution in [0.25, 0.3) is 11.3 Å². The zero-order valence-corrected chi connectivity index (χ0v) is 8.70. The molecule has 6 nitrogen and oxygen atoms in total. The molecule has 0 unspecified atom stereocenters. The molecule has 0 saturated heterocycles. The monoisotopic (exact) mass is 214 g/mol. The number of aromatic nitrogens is 5. The van der Waals surface area contributed by atoms with Gasteiger partial charge in [-0.25, -0.2) is 9.50 Å². The van der Waals surface area contributed by atoms with Gasteiger partial charge in [0.25, 0.3) is 0 Å². The molecule has 0 aliphatic heterocycles. The maximum Gasteiger partial charge on any atom is 0.240 e. The molecule has 3 rings (SSSR count). The van der Waals surface area contributed by atoms with Crippen LogP contribution in [0.5, 0.6) is 0 Å². The summed E-state index contributed by atoms with van der Waals surface area (Å²) in [5.41, 5.74) is 7.22. The molecule has 3 aromatic rings. The quantitative estimate of drug-likeness (QED) is 0.650. The third-order valence-electron chi connectivity index (χ3n) is 2.44. The highest BCUT2D eigenvalue weighted by molar-refractivity contribution is 5.60. The lowest BCUT2D eigenvalue weighted by molar-refractivity contribution is 0.930. The van der Waals surface area contributed by atoms with Crippen molar-refractivity contribution in [2.45, 2.75) is 6.92 Å². The summed E-state index contributed by atoms with van der Waals surface area (Å²) in [5.74, 6) is 1.17. The van der Waals surface area contributed by atoms with Crippen LogP contribution in [0.2, 0.25) is 0 Å². The van der Waals surface area contributed by atoms with Gasteiger partial charge >= 0.3 is 0 Å². The number of imidazole rings is 1. The van der Waals surface area contributed by atoms with Gasteiger partial charge in [0, 0.05) is 18.6 Å². The summed E-state index contributed by atoms with van der Waals surface area (Å²) in [6.45, 7) is 1.93. The molecule has 0 spiro atoms. The van der Waals surface area contributed by atoms with Crippen molar-refractivity contribution >= 4 is 11.6 Å². The lowest BCUT2D eigenvalue weighted by Gasteiger charge is -2.04. The Morgan fingerprint density at radius 3 is 2.94 bits per heavy atom. The largest absolute Gasteiger partial charge is 0.366 e. The molecule has 2 N–H and O–H groups in total. The van der Waals surface area contributed by atoms with Gasteiger partial charge in [0.05, 0.1) is 5.69 Å². The van der Waals surface area contributed by atoms with E-state index in [1.54, 1.807) is 10.7 Å². The zero-order valence-electron chi connectivity index (χ0n) is 8.70. The van der Waals surface area contributed by atoms with Crippen molar-refractivity contribution in [3.63, 3.8) is 0 Å². The second-order valence-electron chi connectivity index (χ2n) is 3.48. The van der Waals surface area contributed by atoms with E-state index < -0.39 is 0 Å². The third kappa shape index (κ3) is 1.16. The summed E-state index contributed by atoms with van der Waals surface area (Å²) < 4.78 is 3.60. The first-order valence-electron chi connectivity index (χ1n) is 4.87. The molecule has 0 radical (unpaired) electrons. The number of hydrogen-bond acceptors (Lipinski definition) is 4. The summed E-state index contributed by atoms with van der Waals surface area (Å²) in [7, 11) is 0. The van der Waals surface area contributed by atoms with Gasteiger partial charge in [-0.1, -0.05) is 0 Å². The van der Waals surface area contributed by atoms with Crippen LogP contribution in [0, 0.1) is 6.92 Å². The van der Waals surface area contributed by atoms with E-state index in [1.165, 1.54) is 0 Å². The first-order chi connectivity index (χ1) is 7.75. The van der Waals surface area contributed by atoms with E-state index in [2.05, 4.69) is 15.1 Å². The van der Waals surface area contributed by atoms with Gasteiger partial charge in [-0.15, -0.1) is 5.10 Å². The minimum Gasteiger partial charge on any atom is -0.366 e. The first kappa shape index (κ1) is 8.90. The average molecular weight is 214 g/mol. The van der Waals surface area contributed by atoms with Crippen LogP contribution < -0.4 is 5.73 Å². The smallest absolute Gasteiger partial charge is 0.240 e. The van der Waals surface area contributed by atoms with E-state index in [1.807, 2.05) is 36.0 Å². The molecule has 0 atom stereocenters. The molecule has 0 aromatic carbocycles. The second-order valence-corrected chi connectivity index (χ2v) is 3.48. The highest BCUT2D eigenvalue weighted by Gasteiger charge is 2.08. The van der Waals surface area contributed by atoms with E-state index in [0.29, 0.717) is 0 Å². The number of fused-ring (bicyclic) bond motifs is 1. The normalized spacial score (nSPS) is 11.1. The fourth-order valence-electron chi connectivity index (χ4n) is 1.73. The molecule has 0 fully saturated rings. The fourth-order valence-corrected chi connectivity index (χ4v) is 1.73. The van der Waals surface area contributed by atoms with Gasteiger partial charge in [-0.3, -0.25) is 0 Å². The van der Waals surface area contributed by atoms with Crippen LogP contribution in [0.1, 0.15) is 5.82 Å². The van der Waals surface area contributed by atoms with E-state index in [0.717, 1.165) is 17.2 Å². The molecule has 80 valence electrons. The topological polar surface area (TPSA) is 74.0 Å². The summed E-state index contributed by atoms with van der Waals surface area (Å²) in [6.07, 6.45) is 5.45. The number of pyridine rings is 1. The molecule has 0 aliphatic carbocycles. The van der Waals surface area contributed by atoms with Crippen LogP contribution in [0.3, 0.4) is 0 Å². The second kappa shape index (κ2) is 3.06. The summed E-state index contributed by atoms with van der Waals surface area (Å²) in [4.78, 5) is 8.37. The van der Waals surface area contributed by atoms with Crippen LogP contribution in [-0.4, -0.2) is 24.1 Å². The molecular formula is C10H10N6. The van der Waals surface area contributed by atoms with E-state index in [-0.39, 0.29) is 5.95 Å². The standard InChI is InChI=1S/C10H10N6/c1-7-12-4-6-15(7)8-3-2-5-16-9(8)13-10(11)14-16/h2-6H,1H3,(H2,11,14). The molecule has 3 aromatic heterocycles. The number of hydrogen-bond donors (Lipinski definition) is 1. The van der Waals surface area contributed by atoms with Crippen molar-refractivity contribution in [1.82, 2.24) is 24.1 Å². The number of anilines is 1. The lowest BCUT2D eigenvalue weighted by Crippen LogP contribution is -1.99. The van der Waals surface area contributed by atoms with Crippen LogP contribution in [0.4, 0.5) is 5.95 Å². The minimum atomic E-state index is 0.269. The maximum atomic E-state index is 5.58. The molecule has 6 heteroatoms. The van der Waals surface area contributed by atoms with Crippen LogP contribution in [-0.2, 0) is 0 Å². The van der Waals surface area contributed by atoms with E-state index >= 15 is 0 Å². The Bertz CT molecular complexity index is 650. The summed E-state index contributed by atoms with van der Waals surface area (Å²) >= 11 is 0. The molecule has 3 heterocycles. The van der Waals surface area contributed by atoms with Crippen molar-refractivity contribution < 1.29 is 0 Å². The van der Waals surface area contributed by atoms with Crippen molar-refractivity contribution in [2.24, 2.45) is 0 Å². The molecular weight excluding hydrogens is 204 g/mol. The molecule has 0 bridgehead atoms. The lowest BCUT2D eigenvalue weighted by atomic mass is 10.4. The number of nitrogens with two attached hydrogens (primary N) is 1. The van der Waals surface area contributed by atoms with Gasteiger partial charge < -0.3 is 10.3 Å². The summed E-state index contributed by atoms with van der Waals surface area (Å²) in [6, 6.07) is 3.86. The van der Waals surface area contributed by atoms with Crippen molar-refractivity contribution in [3.8, 4) is 5.69 Å². The number of nitrogen functional groups attached to an aromatic ring is 1. The average Bonchev–Trinajstić information content (AvgIpc) is 2.82. The highest BCUT2D eigenvalue weighted by Crippen LogP contribution is 2.16.